The number of anilines is 1. The fourth-order valence-electron chi connectivity index (χ4n) is 2.75. The number of nitro benzene ring substituents is 1. The molecule has 0 spiro atoms. The summed E-state index contributed by atoms with van der Waals surface area (Å²) in [5, 5.41) is 11.9. The van der Waals surface area contributed by atoms with Gasteiger partial charge in [0.25, 0.3) is 11.6 Å². The van der Waals surface area contributed by atoms with Gasteiger partial charge in [-0.3, -0.25) is 14.9 Å². The van der Waals surface area contributed by atoms with E-state index in [4.69, 9.17) is 23.2 Å². The van der Waals surface area contributed by atoms with Crippen LogP contribution in [0, 0.1) is 10.1 Å². The van der Waals surface area contributed by atoms with Crippen molar-refractivity contribution in [3.63, 3.8) is 0 Å². The lowest BCUT2D eigenvalue weighted by atomic mass is 10.2. The van der Waals surface area contributed by atoms with Gasteiger partial charge in [0, 0.05) is 43.5 Å². The molecular weight excluding hydrogens is 367 g/mol. The maximum atomic E-state index is 12.5. The highest BCUT2D eigenvalue weighted by Gasteiger charge is 2.26. The number of halogens is 2. The third-order valence-electron chi connectivity index (χ3n) is 4.02. The summed E-state index contributed by atoms with van der Waals surface area (Å²) in [5.41, 5.74) is 0.944. The lowest BCUT2D eigenvalue weighted by Gasteiger charge is -2.35. The second kappa shape index (κ2) is 7.25. The third kappa shape index (κ3) is 3.83. The number of aromatic nitrogens is 1. The molecule has 0 radical (unpaired) electrons. The van der Waals surface area contributed by atoms with E-state index < -0.39 is 4.92 Å². The van der Waals surface area contributed by atoms with Crippen LogP contribution in [0.3, 0.4) is 0 Å². The molecule has 0 atom stereocenters. The lowest BCUT2D eigenvalue weighted by Crippen LogP contribution is -2.49. The van der Waals surface area contributed by atoms with Crippen molar-refractivity contribution in [1.82, 2.24) is 9.88 Å². The van der Waals surface area contributed by atoms with Crippen molar-refractivity contribution in [3.05, 3.63) is 62.4 Å². The number of nitrogens with zero attached hydrogens (tertiary/aromatic N) is 4. The quantitative estimate of drug-likeness (QED) is 0.463. The Bertz CT molecular complexity index is 806. The van der Waals surface area contributed by atoms with Crippen molar-refractivity contribution >= 4 is 40.5 Å². The smallest absolute Gasteiger partial charge is 0.294 e. The van der Waals surface area contributed by atoms with Gasteiger partial charge >= 0.3 is 0 Å². The van der Waals surface area contributed by atoms with Gasteiger partial charge in [0.1, 0.15) is 10.8 Å². The highest BCUT2D eigenvalue weighted by molar-refractivity contribution is 6.31. The van der Waals surface area contributed by atoms with E-state index in [9.17, 15) is 14.9 Å². The van der Waals surface area contributed by atoms with Gasteiger partial charge in [-0.15, -0.1) is 0 Å². The Morgan fingerprint density at radius 1 is 1.12 bits per heavy atom. The number of hydrogen-bond acceptors (Lipinski definition) is 5. The minimum absolute atomic E-state index is 0.0332. The van der Waals surface area contributed by atoms with Crippen LogP contribution in [0.25, 0.3) is 0 Å². The van der Waals surface area contributed by atoms with Gasteiger partial charge in [-0.25, -0.2) is 4.98 Å². The van der Waals surface area contributed by atoms with Gasteiger partial charge in [0.05, 0.1) is 10.5 Å². The number of amides is 1. The highest BCUT2D eigenvalue weighted by atomic mass is 35.5. The highest BCUT2D eigenvalue weighted by Crippen LogP contribution is 2.31. The van der Waals surface area contributed by atoms with Crippen LogP contribution in [0.15, 0.2) is 36.5 Å². The zero-order valence-corrected chi connectivity index (χ0v) is 14.6. The first-order valence-electron chi connectivity index (χ1n) is 7.55. The van der Waals surface area contributed by atoms with E-state index in [0.29, 0.717) is 47.6 Å². The lowest BCUT2D eigenvalue weighted by molar-refractivity contribution is -0.384. The van der Waals surface area contributed by atoms with Crippen molar-refractivity contribution in [2.75, 3.05) is 31.1 Å². The molecule has 2 aromatic rings. The van der Waals surface area contributed by atoms with E-state index in [1.807, 2.05) is 4.90 Å². The molecule has 0 N–H and O–H groups in total. The molecule has 7 nitrogen and oxygen atoms in total. The van der Waals surface area contributed by atoms with E-state index in [-0.39, 0.29) is 11.6 Å². The Morgan fingerprint density at radius 3 is 2.44 bits per heavy atom. The molecule has 1 aromatic carbocycles. The van der Waals surface area contributed by atoms with Crippen molar-refractivity contribution < 1.29 is 9.72 Å². The monoisotopic (exact) mass is 380 g/mol. The van der Waals surface area contributed by atoms with Gasteiger partial charge in [-0.2, -0.15) is 0 Å². The van der Waals surface area contributed by atoms with Crippen LogP contribution < -0.4 is 4.90 Å². The van der Waals surface area contributed by atoms with Crippen LogP contribution in [0.4, 0.5) is 11.4 Å². The molecule has 130 valence electrons. The Balaban J connectivity index is 1.71. The third-order valence-corrected chi connectivity index (χ3v) is 4.47. The zero-order valence-electron chi connectivity index (χ0n) is 13.1. The average molecular weight is 381 g/mol. The van der Waals surface area contributed by atoms with E-state index in [1.54, 1.807) is 29.2 Å². The molecule has 0 bridgehead atoms. The number of benzene rings is 1. The number of carbonyl (C=O) groups is 1. The van der Waals surface area contributed by atoms with Crippen LogP contribution >= 0.6 is 23.2 Å². The molecule has 1 aromatic heterocycles. The van der Waals surface area contributed by atoms with Crippen molar-refractivity contribution in [2.24, 2.45) is 0 Å². The summed E-state index contributed by atoms with van der Waals surface area (Å²) in [7, 11) is 0. The van der Waals surface area contributed by atoms with Crippen molar-refractivity contribution in [1.29, 1.82) is 0 Å². The predicted octanol–water partition coefficient (Wildman–Crippen LogP) is 3.26. The molecule has 1 aliphatic rings. The van der Waals surface area contributed by atoms with Gasteiger partial charge in [0.2, 0.25) is 0 Å². The number of nitro groups is 1. The van der Waals surface area contributed by atoms with E-state index >= 15 is 0 Å². The number of carbonyl (C=O) groups excluding carboxylic acids is 1. The average Bonchev–Trinajstić information content (AvgIpc) is 2.62. The molecule has 9 heteroatoms. The number of pyridine rings is 1. The number of hydrogen-bond donors (Lipinski definition) is 0. The summed E-state index contributed by atoms with van der Waals surface area (Å²) in [6.45, 7) is 1.91. The Hall–Kier alpha value is -2.38. The zero-order chi connectivity index (χ0) is 18.0. The summed E-state index contributed by atoms with van der Waals surface area (Å²) >= 11 is 11.6. The summed E-state index contributed by atoms with van der Waals surface area (Å²) < 4.78 is 0. The van der Waals surface area contributed by atoms with Crippen LogP contribution in [0.1, 0.15) is 10.4 Å². The molecule has 0 aliphatic carbocycles. The van der Waals surface area contributed by atoms with Crippen molar-refractivity contribution in [3.8, 4) is 0 Å². The SMILES string of the molecule is O=C(c1ccc(Cl)nc1)N1CCN(c2ccc(Cl)cc2[N+](=O)[O-])CC1. The normalized spacial score (nSPS) is 14.5. The van der Waals surface area contributed by atoms with Crippen LogP contribution in [0.2, 0.25) is 10.2 Å². The topological polar surface area (TPSA) is 79.6 Å². The van der Waals surface area contributed by atoms with Gasteiger partial charge in [-0.1, -0.05) is 23.2 Å². The Morgan fingerprint density at radius 2 is 1.84 bits per heavy atom. The van der Waals surface area contributed by atoms with Crippen molar-refractivity contribution in [2.45, 2.75) is 0 Å². The maximum Gasteiger partial charge on any atom is 0.294 e. The first-order valence-corrected chi connectivity index (χ1v) is 8.31. The molecule has 25 heavy (non-hydrogen) atoms. The molecule has 2 heterocycles. The van der Waals surface area contributed by atoms with E-state index in [2.05, 4.69) is 4.98 Å². The summed E-state index contributed by atoms with van der Waals surface area (Å²) in [5.74, 6) is -0.130. The predicted molar refractivity (Wildman–Crippen MR) is 95.5 cm³/mol. The largest absolute Gasteiger partial charge is 0.362 e. The first kappa shape index (κ1) is 17.4. The molecule has 1 amide bonds. The summed E-state index contributed by atoms with van der Waals surface area (Å²) in [4.78, 5) is 30.8. The van der Waals surface area contributed by atoms with Gasteiger partial charge in [0.15, 0.2) is 0 Å². The fraction of sp³-hybridized carbons (Fsp3) is 0.250. The molecule has 1 fully saturated rings. The van der Waals surface area contributed by atoms with Crippen LogP contribution in [0.5, 0.6) is 0 Å². The summed E-state index contributed by atoms with van der Waals surface area (Å²) in [6.07, 6.45) is 1.45. The van der Waals surface area contributed by atoms with Crippen LogP contribution in [-0.4, -0.2) is 46.9 Å². The van der Waals surface area contributed by atoms with E-state index in [0.717, 1.165) is 0 Å². The minimum Gasteiger partial charge on any atom is -0.362 e. The molecule has 0 unspecified atom stereocenters. The second-order valence-corrected chi connectivity index (χ2v) is 6.36. The van der Waals surface area contributed by atoms with E-state index in [1.165, 1.54) is 12.3 Å². The fourth-order valence-corrected chi connectivity index (χ4v) is 3.02. The maximum absolute atomic E-state index is 12.5. The molecule has 1 aliphatic heterocycles. The first-order chi connectivity index (χ1) is 12.0. The molecule has 3 rings (SSSR count). The van der Waals surface area contributed by atoms with Gasteiger partial charge in [-0.05, 0) is 24.3 Å². The van der Waals surface area contributed by atoms with Gasteiger partial charge < -0.3 is 9.80 Å². The summed E-state index contributed by atoms with van der Waals surface area (Å²) in [6, 6.07) is 7.81. The molecular formula is C16H14Cl2N4O3. The minimum atomic E-state index is -0.446. The molecule has 0 saturated carbocycles. The second-order valence-electron chi connectivity index (χ2n) is 5.54. The Kier molecular flexibility index (Phi) is 5.06. The number of piperazine rings is 1. The Labute approximate surface area is 153 Å². The van der Waals surface area contributed by atoms with Crippen LogP contribution in [-0.2, 0) is 0 Å². The molecule has 1 saturated heterocycles. The standard InChI is InChI=1S/C16H14Cl2N4O3/c17-12-2-3-13(14(9-12)22(24)25)20-5-7-21(8-6-20)16(23)11-1-4-15(18)19-10-11/h1-4,9-10H,5-8H2. The number of rotatable bonds is 3.